The molecule has 0 aromatic carbocycles. The smallest absolute Gasteiger partial charge is 0.346 e. The number of carbonyl (C=O) groups is 2. The number of imide groups is 1. The highest BCUT2D eigenvalue weighted by Gasteiger charge is 2.46. The van der Waals surface area contributed by atoms with Crippen LogP contribution in [0.3, 0.4) is 0 Å². The lowest BCUT2D eigenvalue weighted by Crippen LogP contribution is -2.42. The van der Waals surface area contributed by atoms with Crippen LogP contribution in [-0.4, -0.2) is 33.3 Å². The van der Waals surface area contributed by atoms with Crippen molar-refractivity contribution in [2.24, 2.45) is 11.0 Å². The summed E-state index contributed by atoms with van der Waals surface area (Å²) in [5.41, 5.74) is 2.30. The van der Waals surface area contributed by atoms with Crippen LogP contribution in [0.5, 0.6) is 0 Å². The van der Waals surface area contributed by atoms with Crippen molar-refractivity contribution in [3.05, 3.63) is 23.0 Å². The first-order valence-corrected chi connectivity index (χ1v) is 8.07. The summed E-state index contributed by atoms with van der Waals surface area (Å²) in [6.07, 6.45) is 2.13. The van der Waals surface area contributed by atoms with Gasteiger partial charge >= 0.3 is 6.03 Å². The highest BCUT2D eigenvalue weighted by molar-refractivity contribution is 6.07. The van der Waals surface area contributed by atoms with Gasteiger partial charge in [0.15, 0.2) is 0 Å². The van der Waals surface area contributed by atoms with E-state index in [1.807, 2.05) is 19.9 Å². The molecule has 2 rings (SSSR count). The van der Waals surface area contributed by atoms with Gasteiger partial charge in [0.1, 0.15) is 5.54 Å². The number of nitrogens with zero attached hydrogens (tertiary/aromatic N) is 3. The molecule has 126 valence electrons. The molecule has 0 aliphatic carbocycles. The van der Waals surface area contributed by atoms with Crippen molar-refractivity contribution in [2.75, 3.05) is 0 Å². The molecule has 23 heavy (non-hydrogen) atoms. The molecule has 0 unspecified atom stereocenters. The van der Waals surface area contributed by atoms with Gasteiger partial charge < -0.3 is 9.88 Å². The topological polar surface area (TPSA) is 66.7 Å². The van der Waals surface area contributed by atoms with Crippen LogP contribution < -0.4 is 5.32 Å². The molecule has 0 radical (unpaired) electrons. The Bertz CT molecular complexity index is 660. The molecule has 3 amide bonds. The number of hydrogen-bond acceptors (Lipinski definition) is 3. The molecule has 0 spiro atoms. The minimum Gasteiger partial charge on any atom is -0.348 e. The second-order valence-electron chi connectivity index (χ2n) is 6.81. The van der Waals surface area contributed by atoms with Gasteiger partial charge in [-0.3, -0.25) is 4.79 Å². The summed E-state index contributed by atoms with van der Waals surface area (Å²) in [6.45, 7) is 12.9. The molecule has 0 bridgehead atoms. The van der Waals surface area contributed by atoms with Crippen LogP contribution in [0.4, 0.5) is 4.79 Å². The molecule has 1 fully saturated rings. The van der Waals surface area contributed by atoms with Gasteiger partial charge in [-0.15, -0.1) is 5.01 Å². The van der Waals surface area contributed by atoms with Crippen molar-refractivity contribution in [3.63, 3.8) is 0 Å². The fourth-order valence-electron chi connectivity index (χ4n) is 2.74. The lowest BCUT2D eigenvalue weighted by atomic mass is 10.00. The largest absolute Gasteiger partial charge is 0.348 e. The lowest BCUT2D eigenvalue weighted by Gasteiger charge is -2.17. The fraction of sp³-hybridized carbons (Fsp3) is 0.588. The Morgan fingerprint density at radius 2 is 2.00 bits per heavy atom. The molecule has 1 aromatic rings. The zero-order valence-electron chi connectivity index (χ0n) is 14.8. The minimum absolute atomic E-state index is 0.308. The molecule has 1 saturated heterocycles. The maximum atomic E-state index is 12.3. The van der Waals surface area contributed by atoms with E-state index in [2.05, 4.69) is 35.8 Å². The third kappa shape index (κ3) is 3.16. The third-order valence-electron chi connectivity index (χ3n) is 4.42. The first-order valence-electron chi connectivity index (χ1n) is 8.07. The lowest BCUT2D eigenvalue weighted by molar-refractivity contribution is -0.130. The normalized spacial score (nSPS) is 21.8. The molecule has 1 N–H and O–H groups in total. The van der Waals surface area contributed by atoms with Crippen molar-refractivity contribution in [1.29, 1.82) is 0 Å². The Labute approximate surface area is 137 Å². The predicted molar refractivity (Wildman–Crippen MR) is 90.4 cm³/mol. The summed E-state index contributed by atoms with van der Waals surface area (Å²) in [4.78, 5) is 24.3. The highest BCUT2D eigenvalue weighted by atomic mass is 16.2. The number of rotatable bonds is 5. The molecule has 6 nitrogen and oxygen atoms in total. The molecular weight excluding hydrogens is 292 g/mol. The van der Waals surface area contributed by atoms with E-state index in [4.69, 9.17) is 0 Å². The number of carbonyl (C=O) groups excluding carboxylic acids is 2. The van der Waals surface area contributed by atoms with E-state index in [1.54, 1.807) is 13.1 Å². The molecule has 1 aliphatic rings. The summed E-state index contributed by atoms with van der Waals surface area (Å²) in [5.74, 6) is 0.234. The number of hydrazone groups is 1. The first kappa shape index (κ1) is 17.2. The van der Waals surface area contributed by atoms with E-state index in [-0.39, 0.29) is 5.91 Å². The van der Waals surface area contributed by atoms with Gasteiger partial charge in [-0.25, -0.2) is 4.79 Å². The zero-order chi connectivity index (χ0) is 17.4. The summed E-state index contributed by atoms with van der Waals surface area (Å²) in [6, 6.07) is 1.56. The Morgan fingerprint density at radius 3 is 2.52 bits per heavy atom. The molecule has 0 saturated carbocycles. The SMILES string of the molecule is CC[C@@]1(C)NC(=O)N(/N=C\c2cc(C)n(CC(C)C)c2C)C1=O. The molecule has 6 heteroatoms. The third-order valence-corrected chi connectivity index (χ3v) is 4.42. The molecular formula is C17H26N4O2. The van der Waals surface area contributed by atoms with Crippen molar-refractivity contribution in [3.8, 4) is 0 Å². The first-order chi connectivity index (χ1) is 10.7. The molecule has 1 aromatic heterocycles. The number of hydrogen-bond donors (Lipinski definition) is 1. The van der Waals surface area contributed by atoms with Crippen molar-refractivity contribution < 1.29 is 9.59 Å². The van der Waals surface area contributed by atoms with E-state index in [1.165, 1.54) is 0 Å². The second-order valence-corrected chi connectivity index (χ2v) is 6.81. The predicted octanol–water partition coefficient (Wildman–Crippen LogP) is 2.82. The van der Waals surface area contributed by atoms with Crippen LogP contribution in [0.15, 0.2) is 11.2 Å². The van der Waals surface area contributed by atoms with Crippen LogP contribution in [0.1, 0.15) is 51.1 Å². The highest BCUT2D eigenvalue weighted by Crippen LogP contribution is 2.21. The van der Waals surface area contributed by atoms with Crippen LogP contribution in [0.2, 0.25) is 0 Å². The fourth-order valence-corrected chi connectivity index (χ4v) is 2.74. The summed E-state index contributed by atoms with van der Waals surface area (Å²) in [5, 5.41) is 7.75. The monoisotopic (exact) mass is 318 g/mol. The van der Waals surface area contributed by atoms with Gasteiger partial charge in [-0.2, -0.15) is 5.10 Å². The number of aromatic nitrogens is 1. The maximum absolute atomic E-state index is 12.3. The van der Waals surface area contributed by atoms with E-state index >= 15 is 0 Å². The summed E-state index contributed by atoms with van der Waals surface area (Å²) < 4.78 is 2.23. The Balaban J connectivity index is 2.25. The molecule has 1 atom stereocenters. The number of nitrogens with one attached hydrogen (secondary N) is 1. The van der Waals surface area contributed by atoms with Crippen LogP contribution >= 0.6 is 0 Å². The molecule has 2 heterocycles. The number of aryl methyl sites for hydroxylation is 1. The number of urea groups is 1. The zero-order valence-corrected chi connectivity index (χ0v) is 14.8. The van der Waals surface area contributed by atoms with Crippen molar-refractivity contribution in [1.82, 2.24) is 14.9 Å². The van der Waals surface area contributed by atoms with Crippen molar-refractivity contribution >= 4 is 18.2 Å². The minimum atomic E-state index is -0.858. The number of amides is 3. The van der Waals surface area contributed by atoms with E-state index in [0.29, 0.717) is 12.3 Å². The summed E-state index contributed by atoms with van der Waals surface area (Å²) >= 11 is 0. The standard InChI is InChI=1S/C17H26N4O2/c1-7-17(6)15(22)21(16(23)19-17)18-9-14-8-12(4)20(13(14)5)10-11(2)3/h8-9,11H,7,10H2,1-6H3,(H,19,23)/b18-9-/t17-/m1/s1. The van der Waals surface area contributed by atoms with Gasteiger partial charge in [-0.1, -0.05) is 20.8 Å². The van der Waals surface area contributed by atoms with Crippen LogP contribution in [0.25, 0.3) is 0 Å². The van der Waals surface area contributed by atoms with Gasteiger partial charge in [0.05, 0.1) is 6.21 Å². The van der Waals surface area contributed by atoms with Gasteiger partial charge in [0.2, 0.25) is 0 Å². The average molecular weight is 318 g/mol. The quantitative estimate of drug-likeness (QED) is 0.670. The second kappa shape index (κ2) is 6.18. The van der Waals surface area contributed by atoms with Crippen LogP contribution in [-0.2, 0) is 11.3 Å². The van der Waals surface area contributed by atoms with Gasteiger partial charge in [0.25, 0.3) is 5.91 Å². The van der Waals surface area contributed by atoms with Gasteiger partial charge in [-0.05, 0) is 39.2 Å². The Hall–Kier alpha value is -2.11. The Kier molecular flexibility index (Phi) is 4.63. The summed E-state index contributed by atoms with van der Waals surface area (Å²) in [7, 11) is 0. The van der Waals surface area contributed by atoms with E-state index < -0.39 is 11.6 Å². The van der Waals surface area contributed by atoms with E-state index in [9.17, 15) is 9.59 Å². The van der Waals surface area contributed by atoms with Gasteiger partial charge in [0, 0.05) is 23.5 Å². The Morgan fingerprint density at radius 1 is 1.35 bits per heavy atom. The van der Waals surface area contributed by atoms with E-state index in [0.717, 1.165) is 28.5 Å². The van der Waals surface area contributed by atoms with Crippen molar-refractivity contribution in [2.45, 2.75) is 60.0 Å². The maximum Gasteiger partial charge on any atom is 0.346 e. The molecule has 1 aliphatic heterocycles. The van der Waals surface area contributed by atoms with Crippen LogP contribution in [0, 0.1) is 19.8 Å². The average Bonchev–Trinajstić information content (AvgIpc) is 2.86.